The molecule has 0 bridgehead atoms. The van der Waals surface area contributed by atoms with E-state index >= 15 is 0 Å². The SMILES string of the molecule is COc1ccc(C)cc1S(=O)(=O)NCCC[n+]1cc[nH]c1. The summed E-state index contributed by atoms with van der Waals surface area (Å²) in [7, 11) is -2.09. The van der Waals surface area contributed by atoms with Crippen LogP contribution in [0.1, 0.15) is 12.0 Å². The number of aromatic nitrogens is 2. The molecule has 0 radical (unpaired) electrons. The van der Waals surface area contributed by atoms with Crippen LogP contribution in [0, 0.1) is 6.92 Å². The number of nitrogens with zero attached hydrogens (tertiary/aromatic N) is 1. The maximum Gasteiger partial charge on any atom is 0.244 e. The van der Waals surface area contributed by atoms with Crippen LogP contribution in [-0.4, -0.2) is 27.1 Å². The van der Waals surface area contributed by atoms with Gasteiger partial charge in [0.15, 0.2) is 0 Å². The van der Waals surface area contributed by atoms with Gasteiger partial charge in [0.2, 0.25) is 16.4 Å². The molecule has 2 N–H and O–H groups in total. The first-order valence-electron chi connectivity index (χ1n) is 6.69. The third-order valence-corrected chi connectivity index (χ3v) is 4.58. The zero-order chi connectivity index (χ0) is 15.3. The Labute approximate surface area is 124 Å². The highest BCUT2D eigenvalue weighted by Gasteiger charge is 2.19. The van der Waals surface area contributed by atoms with Gasteiger partial charge in [0, 0.05) is 6.54 Å². The van der Waals surface area contributed by atoms with Crippen molar-refractivity contribution in [1.29, 1.82) is 0 Å². The van der Waals surface area contributed by atoms with Gasteiger partial charge in [-0.1, -0.05) is 6.07 Å². The summed E-state index contributed by atoms with van der Waals surface area (Å²) in [5, 5.41) is 0. The van der Waals surface area contributed by atoms with Crippen molar-refractivity contribution < 1.29 is 17.7 Å². The lowest BCUT2D eigenvalue weighted by molar-refractivity contribution is -0.695. The van der Waals surface area contributed by atoms with Crippen molar-refractivity contribution in [3.8, 4) is 5.75 Å². The van der Waals surface area contributed by atoms with Gasteiger partial charge in [-0.05, 0) is 31.0 Å². The molecule has 0 amide bonds. The number of sulfonamides is 1. The average molecular weight is 310 g/mol. The zero-order valence-corrected chi connectivity index (χ0v) is 13.0. The molecule has 0 saturated heterocycles. The summed E-state index contributed by atoms with van der Waals surface area (Å²) in [6, 6.07) is 5.10. The first-order valence-corrected chi connectivity index (χ1v) is 8.17. The van der Waals surface area contributed by atoms with Crippen LogP contribution in [-0.2, 0) is 16.6 Å². The third kappa shape index (κ3) is 4.05. The third-order valence-electron chi connectivity index (χ3n) is 3.10. The van der Waals surface area contributed by atoms with E-state index in [2.05, 4.69) is 9.71 Å². The minimum Gasteiger partial charge on any atom is -0.495 e. The number of ether oxygens (including phenoxy) is 1. The molecule has 1 heterocycles. The van der Waals surface area contributed by atoms with E-state index < -0.39 is 10.0 Å². The molecule has 0 unspecified atom stereocenters. The van der Waals surface area contributed by atoms with E-state index in [4.69, 9.17) is 4.74 Å². The van der Waals surface area contributed by atoms with Gasteiger partial charge in [-0.25, -0.2) is 17.7 Å². The topological polar surface area (TPSA) is 75.1 Å². The Bertz CT molecular complexity index is 681. The van der Waals surface area contributed by atoms with Gasteiger partial charge in [0.1, 0.15) is 23.0 Å². The number of aromatic amines is 1. The van der Waals surface area contributed by atoms with E-state index in [1.165, 1.54) is 7.11 Å². The molecule has 6 nitrogen and oxygen atoms in total. The summed E-state index contributed by atoms with van der Waals surface area (Å²) in [6.07, 6.45) is 6.26. The highest BCUT2D eigenvalue weighted by molar-refractivity contribution is 7.89. The lowest BCUT2D eigenvalue weighted by atomic mass is 10.2. The summed E-state index contributed by atoms with van der Waals surface area (Å²) in [4.78, 5) is 3.12. The highest BCUT2D eigenvalue weighted by Crippen LogP contribution is 2.24. The molecule has 0 spiro atoms. The van der Waals surface area contributed by atoms with Crippen molar-refractivity contribution >= 4 is 10.0 Å². The summed E-state index contributed by atoms with van der Waals surface area (Å²) >= 11 is 0. The Morgan fingerprint density at radius 2 is 2.19 bits per heavy atom. The summed E-state index contributed by atoms with van der Waals surface area (Å²) in [6.45, 7) is 2.97. The quantitative estimate of drug-likeness (QED) is 0.591. The minimum absolute atomic E-state index is 0.180. The molecule has 114 valence electrons. The summed E-state index contributed by atoms with van der Waals surface area (Å²) in [5.41, 5.74) is 0.874. The highest BCUT2D eigenvalue weighted by atomic mass is 32.2. The molecule has 0 aliphatic carbocycles. The standard InChI is InChI=1S/C14H19N3O3S/c1-12-4-5-13(20-2)14(10-12)21(18,19)16-6-3-8-17-9-7-15-11-17/h4-5,7,9-11,16H,3,6,8H2,1-2H3/p+1. The van der Waals surface area contributed by atoms with Gasteiger partial charge < -0.3 is 4.74 Å². The lowest BCUT2D eigenvalue weighted by Gasteiger charge is -2.11. The van der Waals surface area contributed by atoms with E-state index in [0.717, 1.165) is 12.1 Å². The summed E-state index contributed by atoms with van der Waals surface area (Å²) < 4.78 is 34.3. The van der Waals surface area contributed by atoms with Gasteiger partial charge >= 0.3 is 0 Å². The van der Waals surface area contributed by atoms with Crippen LogP contribution in [0.2, 0.25) is 0 Å². The lowest BCUT2D eigenvalue weighted by Crippen LogP contribution is -2.33. The van der Waals surface area contributed by atoms with Crippen LogP contribution >= 0.6 is 0 Å². The Kier molecular flexibility index (Phi) is 4.98. The number of imidazole rings is 1. The molecule has 2 rings (SSSR count). The second-order valence-corrected chi connectivity index (χ2v) is 6.49. The predicted octanol–water partition coefficient (Wildman–Crippen LogP) is 0.988. The molecular weight excluding hydrogens is 290 g/mol. The molecule has 0 aliphatic heterocycles. The van der Waals surface area contributed by atoms with E-state index in [1.54, 1.807) is 12.1 Å². The van der Waals surface area contributed by atoms with Crippen molar-refractivity contribution in [3.63, 3.8) is 0 Å². The second-order valence-electron chi connectivity index (χ2n) is 4.75. The first-order chi connectivity index (χ1) is 10.0. The molecule has 0 fully saturated rings. The van der Waals surface area contributed by atoms with Crippen LogP contribution in [0.3, 0.4) is 0 Å². The monoisotopic (exact) mass is 310 g/mol. The second kappa shape index (κ2) is 6.73. The molecule has 0 atom stereocenters. The molecule has 0 saturated carbocycles. The normalized spacial score (nSPS) is 11.5. The molecule has 7 heteroatoms. The van der Waals surface area contributed by atoms with E-state index in [0.29, 0.717) is 18.7 Å². The minimum atomic E-state index is -3.56. The van der Waals surface area contributed by atoms with Crippen molar-refractivity contribution in [2.75, 3.05) is 13.7 Å². The van der Waals surface area contributed by atoms with Crippen LogP contribution in [0.4, 0.5) is 0 Å². The molecule has 1 aromatic carbocycles. The number of rotatable bonds is 7. The Balaban J connectivity index is 1.99. The number of benzene rings is 1. The maximum absolute atomic E-state index is 12.3. The van der Waals surface area contributed by atoms with E-state index in [9.17, 15) is 8.42 Å². The van der Waals surface area contributed by atoms with Crippen molar-refractivity contribution in [3.05, 3.63) is 42.5 Å². The number of hydrogen-bond donors (Lipinski definition) is 2. The van der Waals surface area contributed by atoms with Gasteiger partial charge in [-0.2, -0.15) is 0 Å². The summed E-state index contributed by atoms with van der Waals surface area (Å²) in [5.74, 6) is 0.355. The van der Waals surface area contributed by atoms with Crippen LogP contribution in [0.25, 0.3) is 0 Å². The van der Waals surface area contributed by atoms with Gasteiger partial charge in [-0.3, -0.25) is 4.98 Å². The number of hydrogen-bond acceptors (Lipinski definition) is 3. The Hall–Kier alpha value is -1.86. The van der Waals surface area contributed by atoms with Crippen molar-refractivity contribution in [1.82, 2.24) is 9.71 Å². The number of aryl methyl sites for hydroxylation is 2. The first kappa shape index (κ1) is 15.5. The molecule has 0 aliphatic rings. The fraction of sp³-hybridized carbons (Fsp3) is 0.357. The zero-order valence-electron chi connectivity index (χ0n) is 12.2. The smallest absolute Gasteiger partial charge is 0.244 e. The van der Waals surface area contributed by atoms with Gasteiger partial charge in [0.05, 0.1) is 13.7 Å². The Morgan fingerprint density at radius 1 is 1.38 bits per heavy atom. The van der Waals surface area contributed by atoms with Crippen LogP contribution in [0.5, 0.6) is 5.75 Å². The fourth-order valence-corrected chi connectivity index (χ4v) is 3.33. The van der Waals surface area contributed by atoms with Crippen LogP contribution < -0.4 is 14.0 Å². The largest absolute Gasteiger partial charge is 0.495 e. The molecule has 1 aromatic heterocycles. The number of methoxy groups -OCH3 is 1. The molecule has 21 heavy (non-hydrogen) atoms. The predicted molar refractivity (Wildman–Crippen MR) is 78.5 cm³/mol. The fourth-order valence-electron chi connectivity index (χ4n) is 2.00. The average Bonchev–Trinajstić information content (AvgIpc) is 2.97. The maximum atomic E-state index is 12.3. The van der Waals surface area contributed by atoms with Gasteiger partial charge in [-0.15, -0.1) is 0 Å². The van der Waals surface area contributed by atoms with Crippen molar-refractivity contribution in [2.24, 2.45) is 0 Å². The van der Waals surface area contributed by atoms with E-state index in [-0.39, 0.29) is 4.90 Å². The molecular formula is C14H20N3O3S+. The van der Waals surface area contributed by atoms with Gasteiger partial charge in [0.25, 0.3) is 0 Å². The van der Waals surface area contributed by atoms with E-state index in [1.807, 2.05) is 36.3 Å². The number of H-pyrrole nitrogens is 1. The van der Waals surface area contributed by atoms with Crippen molar-refractivity contribution in [2.45, 2.75) is 24.8 Å². The molecule has 2 aromatic rings. The van der Waals surface area contributed by atoms with Crippen LogP contribution in [0.15, 0.2) is 41.8 Å². The Morgan fingerprint density at radius 3 is 2.86 bits per heavy atom. The number of nitrogens with one attached hydrogen (secondary N) is 2.